The molecule has 1 aromatic heterocycles. The Kier molecular flexibility index (Phi) is 7.14. The smallest absolute Gasteiger partial charge is 0.233 e. The summed E-state index contributed by atoms with van der Waals surface area (Å²) < 4.78 is 7.52. The van der Waals surface area contributed by atoms with Crippen molar-refractivity contribution in [3.8, 4) is 22.8 Å². The first-order valence-corrected chi connectivity index (χ1v) is 11.9. The maximum absolute atomic E-state index is 12.7. The van der Waals surface area contributed by atoms with E-state index < -0.39 is 0 Å². The van der Waals surface area contributed by atoms with Crippen LogP contribution in [-0.2, 0) is 4.79 Å². The predicted octanol–water partition coefficient (Wildman–Crippen LogP) is 5.09. The number of carbonyl (C=O) groups is 1. The van der Waals surface area contributed by atoms with Crippen LogP contribution in [0.25, 0.3) is 17.1 Å². The number of benzene rings is 2. The summed E-state index contributed by atoms with van der Waals surface area (Å²) in [5.74, 6) is 1.92. The van der Waals surface area contributed by atoms with E-state index in [0.717, 1.165) is 42.9 Å². The number of piperidine rings is 1. The molecule has 162 valence electrons. The fourth-order valence-electron chi connectivity index (χ4n) is 3.63. The van der Waals surface area contributed by atoms with E-state index in [-0.39, 0.29) is 5.91 Å². The number of hydrogen-bond acceptors (Lipinski definition) is 5. The average Bonchev–Trinajstić information content (AvgIpc) is 3.23. The van der Waals surface area contributed by atoms with Gasteiger partial charge in [-0.3, -0.25) is 9.36 Å². The van der Waals surface area contributed by atoms with Gasteiger partial charge in [0.25, 0.3) is 0 Å². The number of thioether (sulfide) groups is 1. The van der Waals surface area contributed by atoms with E-state index >= 15 is 0 Å². The second-order valence-electron chi connectivity index (χ2n) is 7.28. The number of aromatic nitrogens is 3. The summed E-state index contributed by atoms with van der Waals surface area (Å²) in [5, 5.41) is 10.1. The Morgan fingerprint density at radius 1 is 1.06 bits per heavy atom. The summed E-state index contributed by atoms with van der Waals surface area (Å²) in [6.07, 6.45) is 3.36. The van der Waals surface area contributed by atoms with Crippen LogP contribution in [0.15, 0.2) is 53.7 Å². The standard InChI is InChI=1S/C23H25ClN4O2S/c1-2-30-18-12-10-17(11-13-18)28-22(19-8-4-5-9-20(19)24)25-26-23(28)31-16-21(29)27-14-6-3-7-15-27/h4-5,8-13H,2-3,6-7,14-16H2,1H3. The summed E-state index contributed by atoms with van der Waals surface area (Å²) in [4.78, 5) is 14.6. The maximum atomic E-state index is 12.7. The van der Waals surface area contributed by atoms with Crippen molar-refractivity contribution >= 4 is 29.3 Å². The fourth-order valence-corrected chi connectivity index (χ4v) is 4.71. The van der Waals surface area contributed by atoms with Gasteiger partial charge in [0.05, 0.1) is 17.4 Å². The van der Waals surface area contributed by atoms with E-state index in [9.17, 15) is 4.79 Å². The number of nitrogens with zero attached hydrogens (tertiary/aromatic N) is 4. The zero-order valence-corrected chi connectivity index (χ0v) is 19.0. The topological polar surface area (TPSA) is 60.2 Å². The molecular formula is C23H25ClN4O2S. The van der Waals surface area contributed by atoms with Crippen LogP contribution in [0.4, 0.5) is 0 Å². The van der Waals surface area contributed by atoms with Crippen molar-refractivity contribution in [3.63, 3.8) is 0 Å². The molecule has 0 N–H and O–H groups in total. The molecule has 4 rings (SSSR count). The van der Waals surface area contributed by atoms with Crippen LogP contribution < -0.4 is 4.74 Å². The number of hydrogen-bond donors (Lipinski definition) is 0. The van der Waals surface area contributed by atoms with Gasteiger partial charge in [-0.1, -0.05) is 35.5 Å². The third kappa shape index (κ3) is 5.05. The van der Waals surface area contributed by atoms with Crippen molar-refractivity contribution in [1.82, 2.24) is 19.7 Å². The number of ether oxygens (including phenoxy) is 1. The van der Waals surface area contributed by atoms with Crippen LogP contribution >= 0.6 is 23.4 Å². The molecule has 0 saturated carbocycles. The molecule has 1 aliphatic heterocycles. The van der Waals surface area contributed by atoms with Crippen LogP contribution in [0.2, 0.25) is 5.02 Å². The maximum Gasteiger partial charge on any atom is 0.233 e. The molecule has 0 spiro atoms. The van der Waals surface area contributed by atoms with Crippen LogP contribution in [0.5, 0.6) is 5.75 Å². The SMILES string of the molecule is CCOc1ccc(-n2c(SCC(=O)N3CCCCC3)nnc2-c2ccccc2Cl)cc1. The third-order valence-corrected chi connectivity index (χ3v) is 6.43. The molecule has 0 bridgehead atoms. The lowest BCUT2D eigenvalue weighted by Gasteiger charge is -2.26. The minimum atomic E-state index is 0.144. The van der Waals surface area contributed by atoms with Gasteiger partial charge in [-0.05, 0) is 62.6 Å². The van der Waals surface area contributed by atoms with E-state index in [4.69, 9.17) is 16.3 Å². The highest BCUT2D eigenvalue weighted by atomic mass is 35.5. The Hall–Kier alpha value is -2.51. The lowest BCUT2D eigenvalue weighted by molar-refractivity contribution is -0.129. The highest BCUT2D eigenvalue weighted by Crippen LogP contribution is 2.32. The van der Waals surface area contributed by atoms with E-state index in [2.05, 4.69) is 10.2 Å². The van der Waals surface area contributed by atoms with Gasteiger partial charge in [0.1, 0.15) is 5.75 Å². The Morgan fingerprint density at radius 3 is 2.52 bits per heavy atom. The minimum Gasteiger partial charge on any atom is -0.494 e. The summed E-state index contributed by atoms with van der Waals surface area (Å²) in [7, 11) is 0. The van der Waals surface area contributed by atoms with Crippen molar-refractivity contribution in [1.29, 1.82) is 0 Å². The first-order chi connectivity index (χ1) is 15.2. The van der Waals surface area contributed by atoms with Gasteiger partial charge in [-0.25, -0.2) is 0 Å². The zero-order valence-electron chi connectivity index (χ0n) is 17.5. The Balaban J connectivity index is 1.65. The minimum absolute atomic E-state index is 0.144. The predicted molar refractivity (Wildman–Crippen MR) is 124 cm³/mol. The molecule has 1 fully saturated rings. The molecule has 6 nitrogen and oxygen atoms in total. The van der Waals surface area contributed by atoms with Crippen molar-refractivity contribution in [2.24, 2.45) is 0 Å². The summed E-state index contributed by atoms with van der Waals surface area (Å²) in [5.41, 5.74) is 1.68. The highest BCUT2D eigenvalue weighted by molar-refractivity contribution is 7.99. The van der Waals surface area contributed by atoms with Crippen molar-refractivity contribution < 1.29 is 9.53 Å². The largest absolute Gasteiger partial charge is 0.494 e. The Labute approximate surface area is 191 Å². The number of rotatable bonds is 7. The fraction of sp³-hybridized carbons (Fsp3) is 0.348. The summed E-state index contributed by atoms with van der Waals surface area (Å²) >= 11 is 7.86. The molecule has 1 amide bonds. The lowest BCUT2D eigenvalue weighted by atomic mass is 10.1. The summed E-state index contributed by atoms with van der Waals surface area (Å²) in [6.45, 7) is 4.25. The van der Waals surface area contributed by atoms with Gasteiger partial charge >= 0.3 is 0 Å². The van der Waals surface area contributed by atoms with Gasteiger partial charge in [0.2, 0.25) is 5.91 Å². The molecule has 0 unspecified atom stereocenters. The van der Waals surface area contributed by atoms with E-state index in [1.165, 1.54) is 18.2 Å². The first kappa shape index (κ1) is 21.7. The van der Waals surface area contributed by atoms with E-state index in [1.54, 1.807) is 0 Å². The van der Waals surface area contributed by atoms with Crippen molar-refractivity contribution in [2.75, 3.05) is 25.4 Å². The van der Waals surface area contributed by atoms with Crippen molar-refractivity contribution in [2.45, 2.75) is 31.3 Å². The molecule has 0 aliphatic carbocycles. The van der Waals surface area contributed by atoms with Crippen LogP contribution in [0, 0.1) is 0 Å². The normalized spacial score (nSPS) is 13.9. The molecular weight excluding hydrogens is 432 g/mol. The van der Waals surface area contributed by atoms with Crippen molar-refractivity contribution in [3.05, 3.63) is 53.6 Å². The number of carbonyl (C=O) groups excluding carboxylic acids is 1. The number of likely N-dealkylation sites (tertiary alicyclic amines) is 1. The Bertz CT molecular complexity index is 1030. The molecule has 2 aromatic carbocycles. The summed E-state index contributed by atoms with van der Waals surface area (Å²) in [6, 6.07) is 15.3. The van der Waals surface area contributed by atoms with Crippen LogP contribution in [-0.4, -0.2) is 51.0 Å². The molecule has 3 aromatic rings. The van der Waals surface area contributed by atoms with E-state index in [0.29, 0.717) is 28.4 Å². The molecule has 0 atom stereocenters. The van der Waals surface area contributed by atoms with Gasteiger partial charge < -0.3 is 9.64 Å². The molecule has 1 aliphatic rings. The molecule has 8 heteroatoms. The Morgan fingerprint density at radius 2 is 1.81 bits per heavy atom. The van der Waals surface area contributed by atoms with Gasteiger partial charge in [-0.15, -0.1) is 10.2 Å². The molecule has 31 heavy (non-hydrogen) atoms. The third-order valence-electron chi connectivity index (χ3n) is 5.19. The lowest BCUT2D eigenvalue weighted by Crippen LogP contribution is -2.36. The zero-order chi connectivity index (χ0) is 21.6. The van der Waals surface area contributed by atoms with Gasteiger partial charge in [0.15, 0.2) is 11.0 Å². The van der Waals surface area contributed by atoms with Gasteiger partial charge in [-0.2, -0.15) is 0 Å². The second kappa shape index (κ2) is 10.2. The monoisotopic (exact) mass is 456 g/mol. The quantitative estimate of drug-likeness (QED) is 0.463. The van der Waals surface area contributed by atoms with Gasteiger partial charge in [0, 0.05) is 24.3 Å². The first-order valence-electron chi connectivity index (χ1n) is 10.5. The highest BCUT2D eigenvalue weighted by Gasteiger charge is 2.21. The number of halogens is 1. The van der Waals surface area contributed by atoms with Crippen LogP contribution in [0.3, 0.4) is 0 Å². The molecule has 0 radical (unpaired) electrons. The second-order valence-corrected chi connectivity index (χ2v) is 8.63. The van der Waals surface area contributed by atoms with E-state index in [1.807, 2.05) is 64.9 Å². The van der Waals surface area contributed by atoms with Crippen LogP contribution in [0.1, 0.15) is 26.2 Å². The molecule has 2 heterocycles. The number of amides is 1. The average molecular weight is 457 g/mol. The molecule has 1 saturated heterocycles.